The predicted octanol–water partition coefficient (Wildman–Crippen LogP) is 7.44. The van der Waals surface area contributed by atoms with Crippen LogP contribution >= 0.6 is 35.0 Å². The molecule has 0 atom stereocenters. The summed E-state index contributed by atoms with van der Waals surface area (Å²) in [5, 5.41) is 4.55. The van der Waals surface area contributed by atoms with Gasteiger partial charge in [-0.25, -0.2) is 0 Å². The van der Waals surface area contributed by atoms with Gasteiger partial charge in [0.2, 0.25) is 5.91 Å². The first-order valence-electron chi connectivity index (χ1n) is 11.2. The third-order valence-corrected chi connectivity index (χ3v) is 7.89. The highest BCUT2D eigenvalue weighted by atomic mass is 35.5. The van der Waals surface area contributed by atoms with E-state index < -0.39 is 0 Å². The molecule has 0 spiro atoms. The van der Waals surface area contributed by atoms with E-state index in [0.717, 1.165) is 48.5 Å². The van der Waals surface area contributed by atoms with E-state index in [1.165, 1.54) is 10.5 Å². The number of halogens is 2. The predicted molar refractivity (Wildman–Crippen MR) is 140 cm³/mol. The van der Waals surface area contributed by atoms with E-state index in [2.05, 4.69) is 53.5 Å². The summed E-state index contributed by atoms with van der Waals surface area (Å²) in [7, 11) is 0. The molecule has 33 heavy (non-hydrogen) atoms. The average molecular weight is 500 g/mol. The Morgan fingerprint density at radius 2 is 1.70 bits per heavy atom. The van der Waals surface area contributed by atoms with E-state index in [-0.39, 0.29) is 11.8 Å². The SMILES string of the molecule is Cc1cc(CSc2ccccc2)ccc1NC(=O)C1CCN(Cc2c(Cl)cccc2Cl)CC1. The van der Waals surface area contributed by atoms with Gasteiger partial charge in [0.25, 0.3) is 0 Å². The van der Waals surface area contributed by atoms with Crippen molar-refractivity contribution in [1.82, 2.24) is 4.90 Å². The van der Waals surface area contributed by atoms with Crippen LogP contribution in [0.15, 0.2) is 71.6 Å². The van der Waals surface area contributed by atoms with Crippen molar-refractivity contribution in [3.05, 3.63) is 93.5 Å². The number of thioether (sulfide) groups is 1. The fraction of sp³-hybridized carbons (Fsp3) is 0.296. The van der Waals surface area contributed by atoms with Crippen LogP contribution in [0.25, 0.3) is 0 Å². The number of piperidine rings is 1. The molecular weight excluding hydrogens is 471 g/mol. The topological polar surface area (TPSA) is 32.3 Å². The van der Waals surface area contributed by atoms with Gasteiger partial charge in [-0.1, -0.05) is 59.6 Å². The molecule has 172 valence electrons. The normalized spacial score (nSPS) is 14.9. The van der Waals surface area contributed by atoms with Crippen molar-refractivity contribution in [2.24, 2.45) is 5.92 Å². The second-order valence-electron chi connectivity index (χ2n) is 8.49. The van der Waals surface area contributed by atoms with Crippen LogP contribution in [0.5, 0.6) is 0 Å². The lowest BCUT2D eigenvalue weighted by atomic mass is 9.95. The molecule has 0 radical (unpaired) electrons. The highest BCUT2D eigenvalue weighted by Crippen LogP contribution is 2.29. The summed E-state index contributed by atoms with van der Waals surface area (Å²) in [5.74, 6) is 1.04. The van der Waals surface area contributed by atoms with Crippen molar-refractivity contribution in [1.29, 1.82) is 0 Å². The molecule has 1 aliphatic rings. The number of carbonyl (C=O) groups excluding carboxylic acids is 1. The van der Waals surface area contributed by atoms with E-state index in [1.54, 1.807) is 0 Å². The van der Waals surface area contributed by atoms with Gasteiger partial charge in [-0.3, -0.25) is 9.69 Å². The minimum absolute atomic E-state index is 0.0238. The number of hydrogen-bond donors (Lipinski definition) is 1. The zero-order valence-corrected chi connectivity index (χ0v) is 21.0. The molecule has 1 amide bonds. The van der Waals surface area contributed by atoms with Gasteiger partial charge >= 0.3 is 0 Å². The van der Waals surface area contributed by atoms with Crippen LogP contribution in [-0.4, -0.2) is 23.9 Å². The number of benzene rings is 3. The van der Waals surface area contributed by atoms with E-state index in [9.17, 15) is 4.79 Å². The summed E-state index contributed by atoms with van der Waals surface area (Å²) >= 11 is 14.5. The van der Waals surface area contributed by atoms with Crippen molar-refractivity contribution < 1.29 is 4.79 Å². The number of nitrogens with one attached hydrogen (secondary N) is 1. The number of aryl methyl sites for hydroxylation is 1. The quantitative estimate of drug-likeness (QED) is 0.343. The van der Waals surface area contributed by atoms with Crippen molar-refractivity contribution in [3.63, 3.8) is 0 Å². The molecule has 6 heteroatoms. The molecule has 0 unspecified atom stereocenters. The second kappa shape index (κ2) is 11.4. The fourth-order valence-electron chi connectivity index (χ4n) is 4.13. The van der Waals surface area contributed by atoms with E-state index in [0.29, 0.717) is 16.6 Å². The van der Waals surface area contributed by atoms with Crippen molar-refractivity contribution in [2.75, 3.05) is 18.4 Å². The van der Waals surface area contributed by atoms with Crippen LogP contribution in [0.2, 0.25) is 10.0 Å². The van der Waals surface area contributed by atoms with Crippen LogP contribution in [0, 0.1) is 12.8 Å². The first-order valence-corrected chi connectivity index (χ1v) is 13.0. The van der Waals surface area contributed by atoms with Gasteiger partial charge in [0, 0.05) is 44.4 Å². The van der Waals surface area contributed by atoms with E-state index >= 15 is 0 Å². The summed E-state index contributed by atoms with van der Waals surface area (Å²) in [6, 6.07) is 22.3. The Kier molecular flexibility index (Phi) is 8.37. The lowest BCUT2D eigenvalue weighted by Gasteiger charge is -2.31. The number of hydrogen-bond acceptors (Lipinski definition) is 3. The third-order valence-electron chi connectivity index (χ3n) is 6.10. The molecule has 1 N–H and O–H groups in total. The number of amides is 1. The standard InChI is InChI=1S/C27H28Cl2N2OS/c1-19-16-20(18-33-22-6-3-2-4-7-22)10-11-26(19)30-27(32)21-12-14-31(15-13-21)17-23-24(28)8-5-9-25(23)29/h2-11,16,21H,12-15,17-18H2,1H3,(H,30,32). The molecule has 0 aromatic heterocycles. The van der Waals surface area contributed by atoms with Crippen LogP contribution in [-0.2, 0) is 17.1 Å². The maximum Gasteiger partial charge on any atom is 0.227 e. The second-order valence-corrected chi connectivity index (χ2v) is 10.4. The molecule has 3 aromatic carbocycles. The Bertz CT molecular complexity index is 1080. The first kappa shape index (κ1) is 24.2. The summed E-state index contributed by atoms with van der Waals surface area (Å²) in [6.07, 6.45) is 1.66. The molecule has 0 bridgehead atoms. The molecule has 0 saturated carbocycles. The summed E-state index contributed by atoms with van der Waals surface area (Å²) < 4.78 is 0. The summed E-state index contributed by atoms with van der Waals surface area (Å²) in [4.78, 5) is 16.5. The Hall–Kier alpha value is -1.98. The fourth-order valence-corrected chi connectivity index (χ4v) is 5.51. The molecule has 1 heterocycles. The molecule has 3 aromatic rings. The molecule has 1 saturated heterocycles. The zero-order chi connectivity index (χ0) is 23.2. The third kappa shape index (κ3) is 6.54. The van der Waals surface area contributed by atoms with Gasteiger partial charge in [0.05, 0.1) is 0 Å². The highest BCUT2D eigenvalue weighted by Gasteiger charge is 2.26. The molecule has 4 rings (SSSR count). The van der Waals surface area contributed by atoms with Gasteiger partial charge < -0.3 is 5.32 Å². The number of rotatable bonds is 7. The Morgan fingerprint density at radius 1 is 1.00 bits per heavy atom. The van der Waals surface area contributed by atoms with Crippen LogP contribution in [0.4, 0.5) is 5.69 Å². The van der Waals surface area contributed by atoms with Gasteiger partial charge in [-0.05, 0) is 74.3 Å². The van der Waals surface area contributed by atoms with Crippen LogP contribution in [0.3, 0.4) is 0 Å². The highest BCUT2D eigenvalue weighted by molar-refractivity contribution is 7.98. The van der Waals surface area contributed by atoms with Gasteiger partial charge in [-0.2, -0.15) is 0 Å². The number of carbonyl (C=O) groups is 1. The molecule has 3 nitrogen and oxygen atoms in total. The Morgan fingerprint density at radius 3 is 2.36 bits per heavy atom. The van der Waals surface area contributed by atoms with Gasteiger partial charge in [-0.15, -0.1) is 11.8 Å². The van der Waals surface area contributed by atoms with Crippen molar-refractivity contribution in [3.8, 4) is 0 Å². The lowest BCUT2D eigenvalue weighted by Crippen LogP contribution is -2.38. The molecule has 0 aliphatic carbocycles. The smallest absolute Gasteiger partial charge is 0.227 e. The van der Waals surface area contributed by atoms with Crippen LogP contribution < -0.4 is 5.32 Å². The number of nitrogens with zero attached hydrogens (tertiary/aromatic N) is 1. The number of anilines is 1. The summed E-state index contributed by atoms with van der Waals surface area (Å²) in [5.41, 5.74) is 4.22. The van der Waals surface area contributed by atoms with E-state index in [1.807, 2.05) is 42.1 Å². The van der Waals surface area contributed by atoms with Crippen LogP contribution in [0.1, 0.15) is 29.5 Å². The molecule has 1 fully saturated rings. The maximum atomic E-state index is 12.9. The average Bonchev–Trinajstić information content (AvgIpc) is 2.83. The monoisotopic (exact) mass is 498 g/mol. The first-order chi connectivity index (χ1) is 16.0. The number of likely N-dealkylation sites (tertiary alicyclic amines) is 1. The molecular formula is C27H28Cl2N2OS. The minimum Gasteiger partial charge on any atom is -0.326 e. The molecule has 1 aliphatic heterocycles. The Labute approximate surface area is 210 Å². The maximum absolute atomic E-state index is 12.9. The van der Waals surface area contributed by atoms with Crippen molar-refractivity contribution in [2.45, 2.75) is 37.0 Å². The van der Waals surface area contributed by atoms with Crippen molar-refractivity contribution >= 4 is 46.6 Å². The zero-order valence-electron chi connectivity index (χ0n) is 18.7. The largest absolute Gasteiger partial charge is 0.326 e. The Balaban J connectivity index is 1.28. The minimum atomic E-state index is 0.0238. The van der Waals surface area contributed by atoms with Gasteiger partial charge in [0.1, 0.15) is 0 Å². The van der Waals surface area contributed by atoms with Gasteiger partial charge in [0.15, 0.2) is 0 Å². The summed E-state index contributed by atoms with van der Waals surface area (Å²) in [6.45, 7) is 4.49. The lowest BCUT2D eigenvalue weighted by molar-refractivity contribution is -0.121. The van der Waals surface area contributed by atoms with E-state index in [4.69, 9.17) is 23.2 Å².